The molecule has 0 aliphatic rings. The molecule has 6 heteroatoms. The maximum Gasteiger partial charge on any atom is 0.153 e. The standard InChI is InChI=1S/C9H8O3.C6H14O3/c1-12-9-7(5-10)3-2-4-8(9)6-11;1-2-6(3-7,4-8)5-9/h2-6H,1H3;7-9H,2-5H2,1H3. The first kappa shape index (κ1) is 19.2. The Kier molecular flexibility index (Phi) is 9.20. The van der Waals surface area contributed by atoms with Crippen molar-refractivity contribution in [3.8, 4) is 5.75 Å². The van der Waals surface area contributed by atoms with Gasteiger partial charge in [0.25, 0.3) is 0 Å². The van der Waals surface area contributed by atoms with Crippen LogP contribution >= 0.6 is 0 Å². The molecule has 3 N–H and O–H groups in total. The van der Waals surface area contributed by atoms with Crippen molar-refractivity contribution in [1.82, 2.24) is 0 Å². The molecule has 0 unspecified atom stereocenters. The molecule has 0 aromatic heterocycles. The lowest BCUT2D eigenvalue weighted by Gasteiger charge is -2.24. The number of carbonyl (C=O) groups is 2. The third kappa shape index (κ3) is 5.26. The highest BCUT2D eigenvalue weighted by molar-refractivity contribution is 5.88. The van der Waals surface area contributed by atoms with Crippen LogP contribution in [0.25, 0.3) is 0 Å². The summed E-state index contributed by atoms with van der Waals surface area (Å²) in [7, 11) is 1.43. The number of methoxy groups -OCH3 is 1. The van der Waals surface area contributed by atoms with Crippen LogP contribution in [-0.2, 0) is 0 Å². The first-order valence-corrected chi connectivity index (χ1v) is 6.48. The van der Waals surface area contributed by atoms with E-state index >= 15 is 0 Å². The molecule has 0 atom stereocenters. The van der Waals surface area contributed by atoms with Crippen LogP contribution in [-0.4, -0.2) is 54.8 Å². The topological polar surface area (TPSA) is 104 Å². The summed E-state index contributed by atoms with van der Waals surface area (Å²) in [5.41, 5.74) is 0.115. The van der Waals surface area contributed by atoms with E-state index in [4.69, 9.17) is 20.1 Å². The van der Waals surface area contributed by atoms with Crippen molar-refractivity contribution in [2.24, 2.45) is 5.41 Å². The van der Waals surface area contributed by atoms with Crippen LogP contribution in [0.3, 0.4) is 0 Å². The summed E-state index contributed by atoms with van der Waals surface area (Å²) in [6, 6.07) is 4.83. The SMILES string of the molecule is CCC(CO)(CO)CO.COc1c(C=O)cccc1C=O. The van der Waals surface area contributed by atoms with E-state index in [1.54, 1.807) is 18.2 Å². The molecule has 6 nitrogen and oxygen atoms in total. The van der Waals surface area contributed by atoms with Gasteiger partial charge in [0.2, 0.25) is 0 Å². The molecule has 1 rings (SSSR count). The van der Waals surface area contributed by atoms with Crippen molar-refractivity contribution in [2.45, 2.75) is 13.3 Å². The lowest BCUT2D eigenvalue weighted by molar-refractivity contribution is 0.00304. The Morgan fingerprint density at radius 1 is 1.05 bits per heavy atom. The first-order valence-electron chi connectivity index (χ1n) is 6.48. The van der Waals surface area contributed by atoms with Gasteiger partial charge in [-0.15, -0.1) is 0 Å². The molecule has 1 aromatic rings. The van der Waals surface area contributed by atoms with Gasteiger partial charge in [0, 0.05) is 5.41 Å². The number of aldehydes is 2. The maximum absolute atomic E-state index is 10.5. The molecule has 0 saturated heterocycles. The molecule has 0 aliphatic carbocycles. The number of hydrogen-bond acceptors (Lipinski definition) is 6. The van der Waals surface area contributed by atoms with E-state index in [9.17, 15) is 9.59 Å². The Labute approximate surface area is 124 Å². The predicted octanol–water partition coefficient (Wildman–Crippen LogP) is 0.680. The molecule has 0 aliphatic heterocycles. The van der Waals surface area contributed by atoms with Gasteiger partial charge in [0.05, 0.1) is 38.1 Å². The zero-order chi connectivity index (χ0) is 16.3. The van der Waals surface area contributed by atoms with Crippen LogP contribution in [0.15, 0.2) is 18.2 Å². The number of ether oxygens (including phenoxy) is 1. The van der Waals surface area contributed by atoms with Gasteiger partial charge in [-0.25, -0.2) is 0 Å². The fourth-order valence-corrected chi connectivity index (χ4v) is 1.48. The highest BCUT2D eigenvalue weighted by Gasteiger charge is 2.24. The van der Waals surface area contributed by atoms with E-state index in [0.29, 0.717) is 35.9 Å². The van der Waals surface area contributed by atoms with Gasteiger partial charge >= 0.3 is 0 Å². The zero-order valence-electron chi connectivity index (χ0n) is 12.3. The summed E-state index contributed by atoms with van der Waals surface area (Å²) < 4.78 is 4.90. The lowest BCUT2D eigenvalue weighted by atomic mass is 9.88. The smallest absolute Gasteiger partial charge is 0.153 e. The van der Waals surface area contributed by atoms with E-state index in [0.717, 1.165) is 0 Å². The summed E-state index contributed by atoms with van der Waals surface area (Å²) in [5.74, 6) is 0.336. The van der Waals surface area contributed by atoms with E-state index in [1.807, 2.05) is 6.92 Å². The predicted molar refractivity (Wildman–Crippen MR) is 77.8 cm³/mol. The number of para-hydroxylation sites is 1. The van der Waals surface area contributed by atoms with E-state index in [1.165, 1.54) is 7.11 Å². The summed E-state index contributed by atoms with van der Waals surface area (Å²) in [6.07, 6.45) is 1.91. The summed E-state index contributed by atoms with van der Waals surface area (Å²) in [4.78, 5) is 20.9. The van der Waals surface area contributed by atoms with Gasteiger partial charge in [0.1, 0.15) is 5.75 Å². The molecule has 0 heterocycles. The fourth-order valence-electron chi connectivity index (χ4n) is 1.48. The van der Waals surface area contributed by atoms with Crippen LogP contribution in [0.4, 0.5) is 0 Å². The minimum Gasteiger partial charge on any atom is -0.495 e. The second kappa shape index (κ2) is 10.0. The zero-order valence-corrected chi connectivity index (χ0v) is 12.3. The van der Waals surface area contributed by atoms with Crippen LogP contribution in [0, 0.1) is 5.41 Å². The molecule has 0 saturated carbocycles. The Hall–Kier alpha value is -1.76. The monoisotopic (exact) mass is 298 g/mol. The van der Waals surface area contributed by atoms with Crippen molar-refractivity contribution in [3.05, 3.63) is 29.3 Å². The first-order chi connectivity index (χ1) is 10.1. The molecule has 0 spiro atoms. The fraction of sp³-hybridized carbons (Fsp3) is 0.467. The van der Waals surface area contributed by atoms with Gasteiger partial charge in [-0.3, -0.25) is 9.59 Å². The molecule has 118 valence electrons. The quantitative estimate of drug-likeness (QED) is 0.639. The average molecular weight is 298 g/mol. The maximum atomic E-state index is 10.5. The molecule has 1 aromatic carbocycles. The van der Waals surface area contributed by atoms with Gasteiger partial charge in [0.15, 0.2) is 12.6 Å². The van der Waals surface area contributed by atoms with Crippen molar-refractivity contribution in [1.29, 1.82) is 0 Å². The molecule has 0 fully saturated rings. The molecular weight excluding hydrogens is 276 g/mol. The minimum absolute atomic E-state index is 0.156. The van der Waals surface area contributed by atoms with Gasteiger partial charge < -0.3 is 20.1 Å². The summed E-state index contributed by atoms with van der Waals surface area (Å²) in [6.45, 7) is 1.35. The van der Waals surface area contributed by atoms with Gasteiger partial charge in [-0.2, -0.15) is 0 Å². The van der Waals surface area contributed by atoms with Crippen molar-refractivity contribution in [3.63, 3.8) is 0 Å². The molecule has 21 heavy (non-hydrogen) atoms. The number of aliphatic hydroxyl groups is 3. The Morgan fingerprint density at radius 2 is 1.48 bits per heavy atom. The third-order valence-electron chi connectivity index (χ3n) is 3.29. The van der Waals surface area contributed by atoms with Gasteiger partial charge in [-0.05, 0) is 18.6 Å². The second-order valence-electron chi connectivity index (χ2n) is 4.53. The van der Waals surface area contributed by atoms with E-state index < -0.39 is 5.41 Å². The molecule has 0 bridgehead atoms. The van der Waals surface area contributed by atoms with Crippen LogP contribution in [0.1, 0.15) is 34.1 Å². The largest absolute Gasteiger partial charge is 0.495 e. The summed E-state index contributed by atoms with van der Waals surface area (Å²) in [5, 5.41) is 26.0. The lowest BCUT2D eigenvalue weighted by Crippen LogP contribution is -2.32. The third-order valence-corrected chi connectivity index (χ3v) is 3.29. The van der Waals surface area contributed by atoms with Gasteiger partial charge in [-0.1, -0.05) is 13.0 Å². The van der Waals surface area contributed by atoms with Crippen LogP contribution in [0.5, 0.6) is 5.75 Å². The van der Waals surface area contributed by atoms with Crippen molar-refractivity contribution < 1.29 is 29.6 Å². The van der Waals surface area contributed by atoms with Crippen LogP contribution in [0.2, 0.25) is 0 Å². The van der Waals surface area contributed by atoms with E-state index in [-0.39, 0.29) is 19.8 Å². The number of aliphatic hydroxyl groups excluding tert-OH is 3. The molecule has 0 radical (unpaired) electrons. The normalized spacial score (nSPS) is 10.3. The van der Waals surface area contributed by atoms with Crippen LogP contribution < -0.4 is 4.74 Å². The highest BCUT2D eigenvalue weighted by atomic mass is 16.5. The number of benzene rings is 1. The van der Waals surface area contributed by atoms with Crippen molar-refractivity contribution in [2.75, 3.05) is 26.9 Å². The number of hydrogen-bond donors (Lipinski definition) is 3. The van der Waals surface area contributed by atoms with E-state index in [2.05, 4.69) is 0 Å². The summed E-state index contributed by atoms with van der Waals surface area (Å²) >= 11 is 0. The average Bonchev–Trinajstić information content (AvgIpc) is 2.57. The minimum atomic E-state index is -0.667. The van der Waals surface area contributed by atoms with Crippen molar-refractivity contribution >= 4 is 12.6 Å². The second-order valence-corrected chi connectivity index (χ2v) is 4.53. The Bertz CT molecular complexity index is 396. The highest BCUT2D eigenvalue weighted by Crippen LogP contribution is 2.20. The molecular formula is C15H22O6. The number of carbonyl (C=O) groups excluding carboxylic acids is 2. The Morgan fingerprint density at radius 3 is 1.67 bits per heavy atom. The molecule has 0 amide bonds. The Balaban J connectivity index is 0.000000400. The number of rotatable bonds is 7.